The molecular formula is C20H31N3O2. The van der Waals surface area contributed by atoms with Gasteiger partial charge in [-0.1, -0.05) is 44.2 Å². The van der Waals surface area contributed by atoms with Gasteiger partial charge in [-0.2, -0.15) is 0 Å². The summed E-state index contributed by atoms with van der Waals surface area (Å²) in [6, 6.07) is 7.72. The van der Waals surface area contributed by atoms with Crippen molar-refractivity contribution >= 4 is 11.6 Å². The lowest BCUT2D eigenvalue weighted by Crippen LogP contribution is -2.53. The van der Waals surface area contributed by atoms with E-state index in [1.54, 1.807) is 7.11 Å². The van der Waals surface area contributed by atoms with Gasteiger partial charge in [0.15, 0.2) is 0 Å². The molecule has 0 unspecified atom stereocenters. The number of carbonyl (C=O) groups is 1. The monoisotopic (exact) mass is 345 g/mol. The number of methoxy groups -OCH3 is 1. The molecule has 25 heavy (non-hydrogen) atoms. The fraction of sp³-hybridized carbons (Fsp3) is 0.650. The summed E-state index contributed by atoms with van der Waals surface area (Å²) in [6.07, 6.45) is 7.26. The molecular weight excluding hydrogens is 314 g/mol. The summed E-state index contributed by atoms with van der Waals surface area (Å²) in [5.74, 6) is 1.66. The SMILES string of the molecule is COc1ccccc1N1CCN(C(=O)[C@H](N)CC2CCCCC2)CC1. The van der Waals surface area contributed by atoms with Gasteiger partial charge in [-0.15, -0.1) is 0 Å². The lowest BCUT2D eigenvalue weighted by atomic mass is 9.84. The van der Waals surface area contributed by atoms with Crippen LogP contribution in [-0.2, 0) is 4.79 Å². The molecule has 0 spiro atoms. The lowest BCUT2D eigenvalue weighted by molar-refractivity contribution is -0.133. The molecule has 3 rings (SSSR count). The fourth-order valence-corrected chi connectivity index (χ4v) is 4.18. The molecule has 1 saturated carbocycles. The summed E-state index contributed by atoms with van der Waals surface area (Å²) in [7, 11) is 1.70. The van der Waals surface area contributed by atoms with Crippen molar-refractivity contribution in [2.24, 2.45) is 11.7 Å². The molecule has 1 amide bonds. The number of hydrogen-bond acceptors (Lipinski definition) is 4. The number of piperazine rings is 1. The quantitative estimate of drug-likeness (QED) is 0.891. The van der Waals surface area contributed by atoms with Crippen LogP contribution >= 0.6 is 0 Å². The van der Waals surface area contributed by atoms with Gasteiger partial charge in [-0.05, 0) is 24.5 Å². The van der Waals surface area contributed by atoms with Crippen molar-refractivity contribution in [1.29, 1.82) is 0 Å². The van der Waals surface area contributed by atoms with E-state index in [2.05, 4.69) is 11.0 Å². The molecule has 138 valence electrons. The van der Waals surface area contributed by atoms with Crippen LogP contribution in [0.5, 0.6) is 5.75 Å². The van der Waals surface area contributed by atoms with E-state index in [0.717, 1.165) is 44.0 Å². The van der Waals surface area contributed by atoms with Gasteiger partial charge >= 0.3 is 0 Å². The molecule has 5 nitrogen and oxygen atoms in total. The van der Waals surface area contributed by atoms with Crippen LogP contribution in [0.1, 0.15) is 38.5 Å². The van der Waals surface area contributed by atoms with Crippen LogP contribution in [0.15, 0.2) is 24.3 Å². The Morgan fingerprint density at radius 2 is 1.84 bits per heavy atom. The summed E-state index contributed by atoms with van der Waals surface area (Å²) in [5.41, 5.74) is 7.35. The Bertz CT molecular complexity index is 564. The highest BCUT2D eigenvalue weighted by molar-refractivity contribution is 5.82. The van der Waals surface area contributed by atoms with Crippen molar-refractivity contribution < 1.29 is 9.53 Å². The first kappa shape index (κ1) is 18.1. The maximum Gasteiger partial charge on any atom is 0.239 e. The van der Waals surface area contributed by atoms with Gasteiger partial charge in [0.05, 0.1) is 18.8 Å². The number of nitrogens with two attached hydrogens (primary N) is 1. The van der Waals surface area contributed by atoms with Crippen molar-refractivity contribution in [1.82, 2.24) is 4.90 Å². The maximum atomic E-state index is 12.7. The van der Waals surface area contributed by atoms with E-state index in [4.69, 9.17) is 10.5 Å². The van der Waals surface area contributed by atoms with Crippen molar-refractivity contribution in [2.75, 3.05) is 38.2 Å². The summed E-state index contributed by atoms with van der Waals surface area (Å²) >= 11 is 0. The zero-order valence-electron chi connectivity index (χ0n) is 15.3. The van der Waals surface area contributed by atoms with Crippen LogP contribution in [0.2, 0.25) is 0 Å². The van der Waals surface area contributed by atoms with Crippen molar-refractivity contribution in [2.45, 2.75) is 44.6 Å². The number of anilines is 1. The van der Waals surface area contributed by atoms with Gasteiger partial charge in [-0.3, -0.25) is 4.79 Å². The highest BCUT2D eigenvalue weighted by Crippen LogP contribution is 2.29. The largest absolute Gasteiger partial charge is 0.495 e. The van der Waals surface area contributed by atoms with Crippen LogP contribution in [0.4, 0.5) is 5.69 Å². The molecule has 0 aromatic heterocycles. The number of rotatable bonds is 5. The molecule has 0 bridgehead atoms. The molecule has 2 aliphatic rings. The smallest absolute Gasteiger partial charge is 0.239 e. The Balaban J connectivity index is 1.51. The molecule has 1 atom stereocenters. The first-order valence-electron chi connectivity index (χ1n) is 9.61. The first-order chi connectivity index (χ1) is 12.2. The summed E-state index contributed by atoms with van der Waals surface area (Å²) in [6.45, 7) is 3.11. The van der Waals surface area contributed by atoms with Crippen molar-refractivity contribution in [3.8, 4) is 5.75 Å². The third-order valence-corrected chi connectivity index (χ3v) is 5.65. The Morgan fingerprint density at radius 1 is 1.16 bits per heavy atom. The predicted octanol–water partition coefficient (Wildman–Crippen LogP) is 2.64. The van der Waals surface area contributed by atoms with Gasteiger partial charge in [-0.25, -0.2) is 0 Å². The predicted molar refractivity (Wildman–Crippen MR) is 101 cm³/mol. The Kier molecular flexibility index (Phi) is 6.19. The number of hydrogen-bond donors (Lipinski definition) is 1. The second kappa shape index (κ2) is 8.56. The average Bonchev–Trinajstić information content (AvgIpc) is 2.68. The topological polar surface area (TPSA) is 58.8 Å². The molecule has 0 radical (unpaired) electrons. The molecule has 1 aliphatic carbocycles. The lowest BCUT2D eigenvalue weighted by Gasteiger charge is -2.38. The van der Waals surface area contributed by atoms with E-state index in [-0.39, 0.29) is 11.9 Å². The molecule has 1 saturated heterocycles. The minimum Gasteiger partial charge on any atom is -0.495 e. The van der Waals surface area contributed by atoms with Crippen LogP contribution < -0.4 is 15.4 Å². The number of carbonyl (C=O) groups excluding carboxylic acids is 1. The first-order valence-corrected chi connectivity index (χ1v) is 9.61. The number of para-hydroxylation sites is 2. The van der Waals surface area contributed by atoms with Gasteiger partial charge < -0.3 is 20.3 Å². The van der Waals surface area contributed by atoms with Crippen molar-refractivity contribution in [3.63, 3.8) is 0 Å². The molecule has 2 fully saturated rings. The van der Waals surface area contributed by atoms with Gasteiger partial charge in [0.1, 0.15) is 5.75 Å². The Labute approximate surface area is 151 Å². The second-order valence-corrected chi connectivity index (χ2v) is 7.33. The second-order valence-electron chi connectivity index (χ2n) is 7.33. The highest BCUT2D eigenvalue weighted by atomic mass is 16.5. The van der Waals surface area contributed by atoms with E-state index >= 15 is 0 Å². The number of benzene rings is 1. The Hall–Kier alpha value is -1.75. The average molecular weight is 345 g/mol. The van der Waals surface area contributed by atoms with E-state index in [9.17, 15) is 4.79 Å². The van der Waals surface area contributed by atoms with Gasteiger partial charge in [0.25, 0.3) is 0 Å². The third kappa shape index (κ3) is 4.46. The van der Waals surface area contributed by atoms with Gasteiger partial charge in [0, 0.05) is 26.2 Å². The fourth-order valence-electron chi connectivity index (χ4n) is 4.18. The highest BCUT2D eigenvalue weighted by Gasteiger charge is 2.28. The third-order valence-electron chi connectivity index (χ3n) is 5.65. The van der Waals surface area contributed by atoms with Gasteiger partial charge in [0.2, 0.25) is 5.91 Å². The maximum absolute atomic E-state index is 12.7. The van der Waals surface area contributed by atoms with E-state index in [0.29, 0.717) is 5.92 Å². The number of amides is 1. The zero-order chi connectivity index (χ0) is 17.6. The van der Waals surface area contributed by atoms with E-state index in [1.165, 1.54) is 32.1 Å². The Morgan fingerprint density at radius 3 is 2.52 bits per heavy atom. The molecule has 1 aromatic rings. The summed E-state index contributed by atoms with van der Waals surface area (Å²) in [4.78, 5) is 16.9. The van der Waals surface area contributed by atoms with Crippen LogP contribution in [0.3, 0.4) is 0 Å². The van der Waals surface area contributed by atoms with E-state index in [1.807, 2.05) is 23.1 Å². The van der Waals surface area contributed by atoms with Crippen LogP contribution in [-0.4, -0.2) is 50.1 Å². The van der Waals surface area contributed by atoms with Crippen LogP contribution in [0, 0.1) is 5.92 Å². The zero-order valence-corrected chi connectivity index (χ0v) is 15.3. The summed E-state index contributed by atoms with van der Waals surface area (Å²) in [5, 5.41) is 0. The van der Waals surface area contributed by atoms with Crippen LogP contribution in [0.25, 0.3) is 0 Å². The minimum absolute atomic E-state index is 0.130. The molecule has 5 heteroatoms. The summed E-state index contributed by atoms with van der Waals surface area (Å²) < 4.78 is 5.45. The number of ether oxygens (including phenoxy) is 1. The molecule has 1 aliphatic heterocycles. The van der Waals surface area contributed by atoms with E-state index < -0.39 is 0 Å². The van der Waals surface area contributed by atoms with Crippen molar-refractivity contribution in [3.05, 3.63) is 24.3 Å². The standard InChI is InChI=1S/C20H31N3O2/c1-25-19-10-6-5-9-18(19)22-11-13-23(14-12-22)20(24)17(21)15-16-7-3-2-4-8-16/h5-6,9-10,16-17H,2-4,7-8,11-15,21H2,1H3/t17-/m1/s1. The number of nitrogens with zero attached hydrogens (tertiary/aromatic N) is 2. The normalized spacial score (nSPS) is 20.4. The minimum atomic E-state index is -0.332. The molecule has 1 heterocycles. The molecule has 2 N–H and O–H groups in total. The molecule has 1 aromatic carbocycles.